The van der Waals surface area contributed by atoms with Gasteiger partial charge in [0, 0.05) is 13.1 Å². The molecule has 1 aliphatic heterocycles. The van der Waals surface area contributed by atoms with Gasteiger partial charge in [0.2, 0.25) is 5.95 Å². The number of anilines is 1. The first kappa shape index (κ1) is 22.6. The second-order valence-electron chi connectivity index (χ2n) is 8.00. The van der Waals surface area contributed by atoms with Gasteiger partial charge in [0.1, 0.15) is 11.5 Å². The largest absolute Gasteiger partial charge is 0.494 e. The molecule has 0 saturated carbocycles. The molecule has 9 heteroatoms. The first-order valence-corrected chi connectivity index (χ1v) is 11.3. The molecule has 0 unspecified atom stereocenters. The summed E-state index contributed by atoms with van der Waals surface area (Å²) in [7, 11) is 0. The minimum atomic E-state index is -0.466. The lowest BCUT2D eigenvalue weighted by atomic mass is 10.1. The van der Waals surface area contributed by atoms with E-state index >= 15 is 0 Å². The molecule has 0 radical (unpaired) electrons. The molecule has 1 saturated heterocycles. The van der Waals surface area contributed by atoms with Gasteiger partial charge in [-0.1, -0.05) is 36.8 Å². The number of nitrogens with one attached hydrogen (secondary N) is 1. The van der Waals surface area contributed by atoms with E-state index in [1.807, 2.05) is 30.3 Å². The van der Waals surface area contributed by atoms with Gasteiger partial charge in [-0.25, -0.2) is 4.79 Å². The number of ether oxygens (including phenoxy) is 2. The molecule has 9 nitrogen and oxygen atoms in total. The fourth-order valence-electron chi connectivity index (χ4n) is 3.73. The summed E-state index contributed by atoms with van der Waals surface area (Å²) >= 11 is 0. The zero-order chi connectivity index (χ0) is 22.9. The molecule has 3 N–H and O–H groups in total. The number of piperidine rings is 1. The first-order valence-electron chi connectivity index (χ1n) is 11.3. The standard InChI is InChI=1S/C24H30N6O3/c25-22-27-23(33-20-10-3-1-4-11-20)28-30(22)24(31)26-13-8-16-32-21-12-7-9-19(17-21)18-29-14-5-2-6-15-29/h1,3-4,7,9-12,17H,2,5-6,8,13-16,18H2,(H,26,31)(H2,25,27,28). The smallest absolute Gasteiger partial charge is 0.345 e. The molecule has 2 heterocycles. The highest BCUT2D eigenvalue weighted by molar-refractivity contribution is 5.78. The van der Waals surface area contributed by atoms with Gasteiger partial charge >= 0.3 is 12.0 Å². The molecule has 0 atom stereocenters. The predicted octanol–water partition coefficient (Wildman–Crippen LogP) is 3.67. The molecule has 1 aromatic heterocycles. The van der Waals surface area contributed by atoms with Crippen LogP contribution in [0.15, 0.2) is 54.6 Å². The molecule has 174 valence electrons. The van der Waals surface area contributed by atoms with Crippen molar-refractivity contribution in [2.24, 2.45) is 0 Å². The van der Waals surface area contributed by atoms with Crippen LogP contribution in [0.25, 0.3) is 0 Å². The van der Waals surface area contributed by atoms with Crippen molar-refractivity contribution in [1.82, 2.24) is 25.0 Å². The zero-order valence-electron chi connectivity index (χ0n) is 18.7. The predicted molar refractivity (Wildman–Crippen MR) is 125 cm³/mol. The monoisotopic (exact) mass is 450 g/mol. The number of hydrogen-bond donors (Lipinski definition) is 2. The SMILES string of the molecule is Nc1nc(Oc2ccccc2)nn1C(=O)NCCCOc1cccc(CN2CCCCC2)c1. The van der Waals surface area contributed by atoms with Gasteiger partial charge < -0.3 is 20.5 Å². The van der Waals surface area contributed by atoms with Crippen molar-refractivity contribution < 1.29 is 14.3 Å². The number of aromatic nitrogens is 3. The number of hydrogen-bond acceptors (Lipinski definition) is 7. The number of rotatable bonds is 9. The number of amides is 1. The third-order valence-electron chi connectivity index (χ3n) is 5.38. The molecule has 0 bridgehead atoms. The van der Waals surface area contributed by atoms with Crippen LogP contribution in [0.2, 0.25) is 0 Å². The summed E-state index contributed by atoms with van der Waals surface area (Å²) in [5.74, 6) is 1.37. The van der Waals surface area contributed by atoms with E-state index in [0.29, 0.717) is 25.3 Å². The molecule has 33 heavy (non-hydrogen) atoms. The van der Waals surface area contributed by atoms with Gasteiger partial charge in [-0.3, -0.25) is 4.90 Å². The van der Waals surface area contributed by atoms with E-state index in [1.54, 1.807) is 12.1 Å². The molecule has 0 spiro atoms. The molecular weight excluding hydrogens is 420 g/mol. The lowest BCUT2D eigenvalue weighted by Crippen LogP contribution is -2.31. The van der Waals surface area contributed by atoms with Crippen molar-refractivity contribution in [2.45, 2.75) is 32.2 Å². The van der Waals surface area contributed by atoms with E-state index in [4.69, 9.17) is 15.2 Å². The van der Waals surface area contributed by atoms with Crippen LogP contribution in [0.3, 0.4) is 0 Å². The summed E-state index contributed by atoms with van der Waals surface area (Å²) in [6, 6.07) is 16.8. The van der Waals surface area contributed by atoms with Crippen molar-refractivity contribution in [3.05, 3.63) is 60.2 Å². The van der Waals surface area contributed by atoms with Crippen LogP contribution in [0.4, 0.5) is 10.7 Å². The molecular formula is C24H30N6O3. The second-order valence-corrected chi connectivity index (χ2v) is 8.00. The maximum Gasteiger partial charge on any atom is 0.345 e. The van der Waals surface area contributed by atoms with Crippen LogP contribution in [-0.4, -0.2) is 51.9 Å². The Bertz CT molecular complexity index is 1030. The Hall–Kier alpha value is -3.59. The number of para-hydroxylation sites is 1. The van der Waals surface area contributed by atoms with Crippen molar-refractivity contribution in [1.29, 1.82) is 0 Å². The first-order chi connectivity index (χ1) is 16.2. The number of nitrogen functional groups attached to an aromatic ring is 1. The Balaban J connectivity index is 1.19. The highest BCUT2D eigenvalue weighted by Gasteiger charge is 2.15. The van der Waals surface area contributed by atoms with Crippen molar-refractivity contribution >= 4 is 12.0 Å². The Morgan fingerprint density at radius 1 is 1.03 bits per heavy atom. The van der Waals surface area contributed by atoms with Crippen molar-refractivity contribution in [3.8, 4) is 17.5 Å². The molecule has 0 aliphatic carbocycles. The van der Waals surface area contributed by atoms with E-state index in [1.165, 1.54) is 37.9 Å². The normalized spacial score (nSPS) is 14.1. The average molecular weight is 451 g/mol. The molecule has 1 amide bonds. The maximum atomic E-state index is 12.4. The topological polar surface area (TPSA) is 108 Å². The van der Waals surface area contributed by atoms with E-state index in [2.05, 4.69) is 32.4 Å². The van der Waals surface area contributed by atoms with Crippen LogP contribution in [0.1, 0.15) is 31.2 Å². The number of nitrogens with zero attached hydrogens (tertiary/aromatic N) is 4. The van der Waals surface area contributed by atoms with Gasteiger partial charge in [0.05, 0.1) is 6.61 Å². The van der Waals surface area contributed by atoms with Gasteiger partial charge in [-0.15, -0.1) is 9.78 Å². The van der Waals surface area contributed by atoms with E-state index in [0.717, 1.165) is 17.0 Å². The molecule has 1 aliphatic rings. The van der Waals surface area contributed by atoms with Crippen LogP contribution >= 0.6 is 0 Å². The zero-order valence-corrected chi connectivity index (χ0v) is 18.7. The summed E-state index contributed by atoms with van der Waals surface area (Å²) in [6.07, 6.45) is 4.54. The number of carbonyl (C=O) groups is 1. The quantitative estimate of drug-likeness (QED) is 0.479. The highest BCUT2D eigenvalue weighted by Crippen LogP contribution is 2.19. The highest BCUT2D eigenvalue weighted by atomic mass is 16.5. The number of carbonyl (C=O) groups excluding carboxylic acids is 1. The Labute approximate surface area is 193 Å². The summed E-state index contributed by atoms with van der Waals surface area (Å²) in [4.78, 5) is 18.8. The average Bonchev–Trinajstić information content (AvgIpc) is 3.20. The van der Waals surface area contributed by atoms with E-state index < -0.39 is 6.03 Å². The third kappa shape index (κ3) is 6.69. The van der Waals surface area contributed by atoms with Crippen molar-refractivity contribution in [2.75, 3.05) is 32.0 Å². The molecule has 1 fully saturated rings. The van der Waals surface area contributed by atoms with Crippen LogP contribution in [0, 0.1) is 0 Å². The van der Waals surface area contributed by atoms with E-state index in [-0.39, 0.29) is 12.0 Å². The lowest BCUT2D eigenvalue weighted by molar-refractivity contribution is 0.220. The minimum absolute atomic E-state index is 0.0154. The number of likely N-dealkylation sites (tertiary alicyclic amines) is 1. The molecule has 3 aromatic rings. The summed E-state index contributed by atoms with van der Waals surface area (Å²) < 4.78 is 12.4. The fraction of sp³-hybridized carbons (Fsp3) is 0.375. The molecule has 4 rings (SSSR count). The second kappa shape index (κ2) is 11.3. The van der Waals surface area contributed by atoms with Crippen LogP contribution in [0.5, 0.6) is 17.5 Å². The Morgan fingerprint density at radius 3 is 2.64 bits per heavy atom. The van der Waals surface area contributed by atoms with Crippen molar-refractivity contribution in [3.63, 3.8) is 0 Å². The number of nitrogens with two attached hydrogens (primary N) is 1. The van der Waals surface area contributed by atoms with Gasteiger partial charge in [0.15, 0.2) is 0 Å². The summed E-state index contributed by atoms with van der Waals surface area (Å²) in [5, 5.41) is 6.79. The van der Waals surface area contributed by atoms with Gasteiger partial charge in [-0.2, -0.15) is 4.98 Å². The van der Waals surface area contributed by atoms with E-state index in [9.17, 15) is 4.79 Å². The maximum absolute atomic E-state index is 12.4. The third-order valence-corrected chi connectivity index (χ3v) is 5.38. The van der Waals surface area contributed by atoms with Crippen LogP contribution < -0.4 is 20.5 Å². The summed E-state index contributed by atoms with van der Waals surface area (Å²) in [6.45, 7) is 4.20. The Morgan fingerprint density at radius 2 is 1.82 bits per heavy atom. The fourth-order valence-corrected chi connectivity index (χ4v) is 3.73. The number of benzene rings is 2. The molecule has 2 aromatic carbocycles. The Kier molecular flexibility index (Phi) is 7.76. The van der Waals surface area contributed by atoms with Gasteiger partial charge in [0.25, 0.3) is 0 Å². The lowest BCUT2D eigenvalue weighted by Gasteiger charge is -2.26. The van der Waals surface area contributed by atoms with Crippen LogP contribution in [-0.2, 0) is 6.54 Å². The summed E-state index contributed by atoms with van der Waals surface area (Å²) in [5.41, 5.74) is 7.07. The van der Waals surface area contributed by atoms with Gasteiger partial charge in [-0.05, 0) is 62.2 Å². The minimum Gasteiger partial charge on any atom is -0.494 e.